The van der Waals surface area contributed by atoms with E-state index in [1.54, 1.807) is 0 Å². The fraction of sp³-hybridized carbons (Fsp3) is 0.467. The van der Waals surface area contributed by atoms with Crippen LogP contribution in [-0.4, -0.2) is 67.1 Å². The molecule has 1 unspecified atom stereocenters. The SMILES string of the molecule is CCCCC1N=C2C(=CN(CC3CC3)CN2CCC)N1Cc1ccc(-c2ccccc2-c2nn[nH]n2)cc1. The number of hydrogen-bond acceptors (Lipinski definition) is 7. The molecule has 1 atom stereocenters. The minimum absolute atomic E-state index is 0.204. The first kappa shape index (κ1) is 24.6. The summed E-state index contributed by atoms with van der Waals surface area (Å²) in [4.78, 5) is 12.9. The van der Waals surface area contributed by atoms with Crippen LogP contribution in [-0.2, 0) is 6.54 Å². The summed E-state index contributed by atoms with van der Waals surface area (Å²) >= 11 is 0. The molecule has 0 saturated heterocycles. The monoisotopic (exact) mass is 510 g/mol. The lowest BCUT2D eigenvalue weighted by molar-refractivity contribution is 0.209. The molecule has 0 spiro atoms. The molecule has 1 aliphatic carbocycles. The Morgan fingerprint density at radius 1 is 0.974 bits per heavy atom. The maximum atomic E-state index is 5.31. The number of fused-ring (bicyclic) bond motifs is 1. The molecule has 0 amide bonds. The molecule has 1 aromatic heterocycles. The largest absolute Gasteiger partial charge is 0.358 e. The molecule has 0 bridgehead atoms. The molecule has 1 saturated carbocycles. The topological polar surface area (TPSA) is 76.5 Å². The van der Waals surface area contributed by atoms with Crippen molar-refractivity contribution in [1.29, 1.82) is 0 Å². The van der Waals surface area contributed by atoms with Gasteiger partial charge in [-0.25, -0.2) is 4.99 Å². The van der Waals surface area contributed by atoms with Crippen LogP contribution in [0.15, 0.2) is 65.4 Å². The van der Waals surface area contributed by atoms with Gasteiger partial charge in [0.25, 0.3) is 0 Å². The van der Waals surface area contributed by atoms with Crippen LogP contribution in [0.25, 0.3) is 22.5 Å². The zero-order valence-corrected chi connectivity index (χ0v) is 22.6. The number of amidine groups is 1. The number of rotatable bonds is 11. The maximum absolute atomic E-state index is 5.31. The smallest absolute Gasteiger partial charge is 0.205 e. The molecule has 1 fully saturated rings. The lowest BCUT2D eigenvalue weighted by Gasteiger charge is -2.38. The predicted octanol–water partition coefficient (Wildman–Crippen LogP) is 5.50. The summed E-state index contributed by atoms with van der Waals surface area (Å²) in [7, 11) is 0. The molecule has 6 rings (SSSR count). The van der Waals surface area contributed by atoms with Gasteiger partial charge in [0.1, 0.15) is 6.17 Å². The molecule has 198 valence electrons. The Bertz CT molecular complexity index is 1280. The van der Waals surface area contributed by atoms with E-state index in [0.717, 1.165) is 55.2 Å². The molecule has 3 aromatic rings. The standard InChI is InChI=1S/C30H38N8/c1-3-5-10-28-31-30-27(20-36(18-22-11-12-22)21-37(30)17-4-2)38(28)19-23-13-15-24(16-14-23)25-8-6-7-9-26(25)29-32-34-35-33-29/h6-9,13-16,20,22,28H,3-5,10-12,17-19,21H2,1-2H3,(H,32,33,34,35). The second-order valence-corrected chi connectivity index (χ2v) is 10.8. The Labute approximate surface area is 225 Å². The number of tetrazole rings is 1. The van der Waals surface area contributed by atoms with Crippen molar-refractivity contribution in [3.8, 4) is 22.5 Å². The Morgan fingerprint density at radius 2 is 1.79 bits per heavy atom. The van der Waals surface area contributed by atoms with E-state index in [1.807, 2.05) is 12.1 Å². The summed E-state index contributed by atoms with van der Waals surface area (Å²) in [5.41, 5.74) is 5.83. The number of aromatic amines is 1. The van der Waals surface area contributed by atoms with Gasteiger partial charge in [-0.1, -0.05) is 68.8 Å². The second-order valence-electron chi connectivity index (χ2n) is 10.8. The van der Waals surface area contributed by atoms with Gasteiger partial charge in [-0.05, 0) is 59.9 Å². The second kappa shape index (κ2) is 11.0. The Morgan fingerprint density at radius 3 is 2.50 bits per heavy atom. The fourth-order valence-electron chi connectivity index (χ4n) is 5.62. The molecule has 38 heavy (non-hydrogen) atoms. The van der Waals surface area contributed by atoms with E-state index in [0.29, 0.717) is 5.82 Å². The van der Waals surface area contributed by atoms with Crippen LogP contribution >= 0.6 is 0 Å². The van der Waals surface area contributed by atoms with E-state index in [9.17, 15) is 0 Å². The Balaban J connectivity index is 1.26. The third-order valence-corrected chi connectivity index (χ3v) is 7.76. The van der Waals surface area contributed by atoms with Crippen molar-refractivity contribution >= 4 is 5.84 Å². The molecule has 1 N–H and O–H groups in total. The van der Waals surface area contributed by atoms with E-state index in [-0.39, 0.29) is 6.17 Å². The quantitative estimate of drug-likeness (QED) is 0.367. The lowest BCUT2D eigenvalue weighted by Crippen LogP contribution is -2.46. The minimum atomic E-state index is 0.204. The number of aromatic nitrogens is 4. The van der Waals surface area contributed by atoms with Crippen molar-refractivity contribution < 1.29 is 0 Å². The average molecular weight is 511 g/mol. The number of nitrogens with zero attached hydrogens (tertiary/aromatic N) is 7. The van der Waals surface area contributed by atoms with Crippen molar-refractivity contribution in [3.63, 3.8) is 0 Å². The molecule has 2 aliphatic heterocycles. The third-order valence-electron chi connectivity index (χ3n) is 7.76. The van der Waals surface area contributed by atoms with Gasteiger partial charge in [0.15, 0.2) is 5.84 Å². The highest BCUT2D eigenvalue weighted by molar-refractivity contribution is 6.00. The Hall–Kier alpha value is -3.68. The lowest BCUT2D eigenvalue weighted by atomic mass is 9.98. The van der Waals surface area contributed by atoms with Crippen LogP contribution in [0.5, 0.6) is 0 Å². The summed E-state index contributed by atoms with van der Waals surface area (Å²) in [5, 5.41) is 14.7. The first-order chi connectivity index (χ1) is 18.7. The summed E-state index contributed by atoms with van der Waals surface area (Å²) in [6.45, 7) is 8.58. The van der Waals surface area contributed by atoms with E-state index in [1.165, 1.54) is 49.3 Å². The summed E-state index contributed by atoms with van der Waals surface area (Å²) in [6, 6.07) is 17.2. The van der Waals surface area contributed by atoms with E-state index in [4.69, 9.17) is 4.99 Å². The third kappa shape index (κ3) is 5.17. The number of H-pyrrole nitrogens is 1. The molecule has 8 heteroatoms. The zero-order chi connectivity index (χ0) is 25.9. The zero-order valence-electron chi connectivity index (χ0n) is 22.6. The highest BCUT2D eigenvalue weighted by atomic mass is 15.5. The van der Waals surface area contributed by atoms with Gasteiger partial charge in [0.2, 0.25) is 5.82 Å². The van der Waals surface area contributed by atoms with E-state index < -0.39 is 0 Å². The van der Waals surface area contributed by atoms with Gasteiger partial charge >= 0.3 is 0 Å². The van der Waals surface area contributed by atoms with Crippen LogP contribution in [0.2, 0.25) is 0 Å². The van der Waals surface area contributed by atoms with Gasteiger partial charge < -0.3 is 14.7 Å². The van der Waals surface area contributed by atoms with Crippen molar-refractivity contribution in [3.05, 3.63) is 66.0 Å². The van der Waals surface area contributed by atoms with Gasteiger partial charge in [0.05, 0.1) is 12.4 Å². The van der Waals surface area contributed by atoms with Crippen molar-refractivity contribution in [2.75, 3.05) is 19.8 Å². The first-order valence-electron chi connectivity index (χ1n) is 14.2. The van der Waals surface area contributed by atoms with E-state index >= 15 is 0 Å². The summed E-state index contributed by atoms with van der Waals surface area (Å²) < 4.78 is 0. The average Bonchev–Trinajstić information content (AvgIpc) is 3.45. The van der Waals surface area contributed by atoms with Gasteiger partial charge in [0, 0.05) is 31.4 Å². The van der Waals surface area contributed by atoms with Gasteiger partial charge in [-0.2, -0.15) is 5.21 Å². The van der Waals surface area contributed by atoms with Crippen molar-refractivity contribution in [2.24, 2.45) is 10.9 Å². The van der Waals surface area contributed by atoms with Crippen molar-refractivity contribution in [2.45, 2.75) is 65.1 Å². The molecular formula is C30H38N8. The van der Waals surface area contributed by atoms with Gasteiger partial charge in [-0.3, -0.25) is 0 Å². The number of benzene rings is 2. The number of hydrogen-bond donors (Lipinski definition) is 1. The molecule has 3 heterocycles. The molecule has 2 aromatic carbocycles. The first-order valence-corrected chi connectivity index (χ1v) is 14.2. The highest BCUT2D eigenvalue weighted by Crippen LogP contribution is 2.35. The van der Waals surface area contributed by atoms with Crippen LogP contribution in [0.3, 0.4) is 0 Å². The number of nitrogens with one attached hydrogen (secondary N) is 1. The van der Waals surface area contributed by atoms with Crippen molar-refractivity contribution in [1.82, 2.24) is 35.3 Å². The molecule has 0 radical (unpaired) electrons. The van der Waals surface area contributed by atoms with E-state index in [2.05, 4.69) is 91.8 Å². The van der Waals surface area contributed by atoms with Crippen LogP contribution < -0.4 is 0 Å². The van der Waals surface area contributed by atoms with Crippen LogP contribution in [0.4, 0.5) is 0 Å². The summed E-state index contributed by atoms with van der Waals surface area (Å²) in [6.07, 6.45) is 9.97. The minimum Gasteiger partial charge on any atom is -0.358 e. The van der Waals surface area contributed by atoms with Gasteiger partial charge in [-0.15, -0.1) is 10.2 Å². The number of aliphatic imine (C=N–C) groups is 1. The number of unbranched alkanes of at least 4 members (excludes halogenated alkanes) is 1. The molecule has 3 aliphatic rings. The fourth-order valence-corrected chi connectivity index (χ4v) is 5.62. The highest BCUT2D eigenvalue weighted by Gasteiger charge is 2.37. The Kier molecular flexibility index (Phi) is 7.12. The predicted molar refractivity (Wildman–Crippen MR) is 151 cm³/mol. The molecule has 8 nitrogen and oxygen atoms in total. The van der Waals surface area contributed by atoms with Crippen LogP contribution in [0, 0.1) is 5.92 Å². The maximum Gasteiger partial charge on any atom is 0.205 e. The molecular weight excluding hydrogens is 472 g/mol. The van der Waals surface area contributed by atoms with Crippen LogP contribution in [0.1, 0.15) is 57.9 Å². The summed E-state index contributed by atoms with van der Waals surface area (Å²) in [5.74, 6) is 2.68. The normalized spacial score (nSPS) is 19.0.